The second-order valence-electron chi connectivity index (χ2n) is 7.12. The smallest absolute Gasteiger partial charge is 0.268 e. The molecule has 5 heteroatoms. The van der Waals surface area contributed by atoms with Crippen molar-refractivity contribution in [3.63, 3.8) is 0 Å². The van der Waals surface area contributed by atoms with Gasteiger partial charge in [-0.05, 0) is 47.9 Å². The number of aromatic amines is 1. The molecule has 2 aromatic heterocycles. The van der Waals surface area contributed by atoms with Crippen LogP contribution in [0, 0.1) is 5.92 Å². The third kappa shape index (κ3) is 4.74. The van der Waals surface area contributed by atoms with Gasteiger partial charge in [0.2, 0.25) is 0 Å². The molecule has 2 heterocycles. The van der Waals surface area contributed by atoms with Gasteiger partial charge in [0, 0.05) is 16.6 Å². The first kappa shape index (κ1) is 19.1. The number of rotatable bonds is 7. The molecular weight excluding hydrogens is 356 g/mol. The van der Waals surface area contributed by atoms with Crippen molar-refractivity contribution in [2.45, 2.75) is 33.2 Å². The third-order valence-corrected chi connectivity index (χ3v) is 5.33. The van der Waals surface area contributed by atoms with Crippen molar-refractivity contribution in [3.8, 4) is 0 Å². The number of carbonyl (C=O) groups is 2. The second kappa shape index (κ2) is 8.35. The van der Waals surface area contributed by atoms with Crippen molar-refractivity contribution in [1.82, 2.24) is 10.3 Å². The first-order chi connectivity index (χ1) is 12.9. The van der Waals surface area contributed by atoms with Crippen LogP contribution >= 0.6 is 11.3 Å². The largest absolute Gasteiger partial charge is 0.356 e. The predicted molar refractivity (Wildman–Crippen MR) is 109 cm³/mol. The van der Waals surface area contributed by atoms with Crippen LogP contribution in [0.5, 0.6) is 0 Å². The number of hydrogen-bond donors (Lipinski definition) is 2. The summed E-state index contributed by atoms with van der Waals surface area (Å²) < 4.78 is 0. The lowest BCUT2D eigenvalue weighted by atomic mass is 9.98. The minimum Gasteiger partial charge on any atom is -0.356 e. The molecule has 0 bridgehead atoms. The number of nitrogens with one attached hydrogen (secondary N) is 2. The second-order valence-corrected chi connectivity index (χ2v) is 8.10. The average molecular weight is 381 g/mol. The van der Waals surface area contributed by atoms with Gasteiger partial charge in [0.25, 0.3) is 5.91 Å². The van der Waals surface area contributed by atoms with E-state index in [9.17, 15) is 9.59 Å². The maximum Gasteiger partial charge on any atom is 0.268 e. The Morgan fingerprint density at radius 2 is 1.89 bits per heavy atom. The van der Waals surface area contributed by atoms with Crippen LogP contribution < -0.4 is 5.32 Å². The van der Waals surface area contributed by atoms with E-state index in [1.54, 1.807) is 23.6 Å². The first-order valence-electron chi connectivity index (χ1n) is 9.06. The van der Waals surface area contributed by atoms with Crippen LogP contribution in [0.2, 0.25) is 0 Å². The molecule has 1 unspecified atom stereocenters. The molecule has 1 aromatic carbocycles. The molecule has 140 valence electrons. The van der Waals surface area contributed by atoms with E-state index in [1.165, 1.54) is 12.5 Å². The number of H-pyrrole nitrogens is 1. The highest BCUT2D eigenvalue weighted by molar-refractivity contribution is 7.10. The van der Waals surface area contributed by atoms with E-state index >= 15 is 0 Å². The summed E-state index contributed by atoms with van der Waals surface area (Å²) in [4.78, 5) is 28.2. The minimum atomic E-state index is -0.229. The third-order valence-electron chi connectivity index (χ3n) is 4.39. The van der Waals surface area contributed by atoms with Crippen LogP contribution in [0.25, 0.3) is 0 Å². The van der Waals surface area contributed by atoms with Gasteiger partial charge in [0.15, 0.2) is 5.78 Å². The van der Waals surface area contributed by atoms with Crippen molar-refractivity contribution >= 4 is 23.0 Å². The number of benzene rings is 1. The summed E-state index contributed by atoms with van der Waals surface area (Å²) in [5, 5.41) is 5.10. The summed E-state index contributed by atoms with van der Waals surface area (Å²) in [6.07, 6.45) is 2.60. The van der Waals surface area contributed by atoms with Gasteiger partial charge in [-0.2, -0.15) is 0 Å². The Labute approximate surface area is 163 Å². The van der Waals surface area contributed by atoms with E-state index < -0.39 is 0 Å². The quantitative estimate of drug-likeness (QED) is 0.567. The van der Waals surface area contributed by atoms with E-state index in [4.69, 9.17) is 0 Å². The van der Waals surface area contributed by atoms with Crippen LogP contribution in [-0.2, 0) is 6.42 Å². The monoisotopic (exact) mass is 380 g/mol. The lowest BCUT2D eigenvalue weighted by molar-refractivity contribution is 0.0939. The van der Waals surface area contributed by atoms with E-state index in [0.29, 0.717) is 17.2 Å². The lowest BCUT2D eigenvalue weighted by Crippen LogP contribution is -2.29. The topological polar surface area (TPSA) is 62.0 Å². The summed E-state index contributed by atoms with van der Waals surface area (Å²) in [5.41, 5.74) is 3.22. The SMILES string of the molecule is CC(=O)c1c[nH]c(C(=O)NC(c2ccc(CC(C)C)cc2)c2cccs2)c1. The van der Waals surface area contributed by atoms with Crippen molar-refractivity contribution < 1.29 is 9.59 Å². The average Bonchev–Trinajstić information content (AvgIpc) is 3.31. The zero-order chi connectivity index (χ0) is 19.4. The van der Waals surface area contributed by atoms with Crippen LogP contribution in [-0.4, -0.2) is 16.7 Å². The Morgan fingerprint density at radius 1 is 1.15 bits per heavy atom. The fourth-order valence-corrected chi connectivity index (χ4v) is 3.83. The van der Waals surface area contributed by atoms with E-state index in [0.717, 1.165) is 16.9 Å². The number of Topliss-reactive ketones (excluding diaryl/α,β-unsaturated/α-hetero) is 1. The summed E-state index contributed by atoms with van der Waals surface area (Å²) in [7, 11) is 0. The zero-order valence-corrected chi connectivity index (χ0v) is 16.6. The summed E-state index contributed by atoms with van der Waals surface area (Å²) in [6, 6.07) is 13.8. The Bertz CT molecular complexity index is 908. The van der Waals surface area contributed by atoms with E-state index in [1.807, 2.05) is 17.5 Å². The number of aromatic nitrogens is 1. The molecule has 0 spiro atoms. The van der Waals surface area contributed by atoms with Crippen LogP contribution in [0.1, 0.15) is 63.7 Å². The predicted octanol–water partition coefficient (Wildman–Crippen LogP) is 5.00. The van der Waals surface area contributed by atoms with Crippen LogP contribution in [0.4, 0.5) is 0 Å². The van der Waals surface area contributed by atoms with Crippen LogP contribution in [0.3, 0.4) is 0 Å². The van der Waals surface area contributed by atoms with Gasteiger partial charge in [-0.1, -0.05) is 44.2 Å². The van der Waals surface area contributed by atoms with E-state index in [2.05, 4.69) is 48.4 Å². The molecule has 4 nitrogen and oxygen atoms in total. The highest BCUT2D eigenvalue weighted by Gasteiger charge is 2.20. The Kier molecular flexibility index (Phi) is 5.91. The van der Waals surface area contributed by atoms with Gasteiger partial charge in [0.05, 0.1) is 6.04 Å². The van der Waals surface area contributed by atoms with E-state index in [-0.39, 0.29) is 17.7 Å². The van der Waals surface area contributed by atoms with Gasteiger partial charge >= 0.3 is 0 Å². The molecule has 0 aliphatic carbocycles. The highest BCUT2D eigenvalue weighted by Crippen LogP contribution is 2.27. The molecule has 27 heavy (non-hydrogen) atoms. The Balaban J connectivity index is 1.83. The first-order valence-corrected chi connectivity index (χ1v) is 9.94. The van der Waals surface area contributed by atoms with Gasteiger partial charge in [0.1, 0.15) is 5.69 Å². The highest BCUT2D eigenvalue weighted by atomic mass is 32.1. The number of carbonyl (C=O) groups excluding carboxylic acids is 2. The fraction of sp³-hybridized carbons (Fsp3) is 0.273. The Morgan fingerprint density at radius 3 is 2.44 bits per heavy atom. The number of hydrogen-bond acceptors (Lipinski definition) is 3. The summed E-state index contributed by atoms with van der Waals surface area (Å²) >= 11 is 1.61. The van der Waals surface area contributed by atoms with Gasteiger partial charge in [-0.3, -0.25) is 9.59 Å². The van der Waals surface area contributed by atoms with Gasteiger partial charge in [-0.25, -0.2) is 0 Å². The molecule has 1 atom stereocenters. The maximum atomic E-state index is 12.7. The summed E-state index contributed by atoms with van der Waals surface area (Å²) in [6.45, 7) is 5.89. The van der Waals surface area contributed by atoms with Crippen molar-refractivity contribution in [2.24, 2.45) is 5.92 Å². The normalized spacial score (nSPS) is 12.1. The summed E-state index contributed by atoms with van der Waals surface area (Å²) in [5.74, 6) is 0.306. The molecule has 0 saturated heterocycles. The molecule has 0 aliphatic rings. The molecule has 3 rings (SSSR count). The molecule has 1 amide bonds. The Hall–Kier alpha value is -2.66. The molecular formula is C22H24N2O2S. The van der Waals surface area contributed by atoms with Crippen molar-refractivity contribution in [3.05, 3.63) is 81.3 Å². The fourth-order valence-electron chi connectivity index (χ4n) is 3.03. The van der Waals surface area contributed by atoms with Gasteiger partial charge in [-0.15, -0.1) is 11.3 Å². The molecule has 3 aromatic rings. The number of ketones is 1. The van der Waals surface area contributed by atoms with Crippen molar-refractivity contribution in [1.29, 1.82) is 0 Å². The molecule has 2 N–H and O–H groups in total. The van der Waals surface area contributed by atoms with Crippen LogP contribution in [0.15, 0.2) is 54.0 Å². The standard InChI is InChI=1S/C22H24N2O2S/c1-14(2)11-16-6-8-17(9-7-16)21(20-5-4-10-27-20)24-22(26)19-12-18(13-23-19)15(3)25/h4-10,12-14,21,23H,11H2,1-3H3,(H,24,26). The number of thiophene rings is 1. The van der Waals surface area contributed by atoms with Crippen molar-refractivity contribution in [2.75, 3.05) is 0 Å². The molecule has 0 saturated carbocycles. The molecule has 0 radical (unpaired) electrons. The maximum absolute atomic E-state index is 12.7. The number of amides is 1. The molecule has 0 aliphatic heterocycles. The lowest BCUT2D eigenvalue weighted by Gasteiger charge is -2.18. The zero-order valence-electron chi connectivity index (χ0n) is 15.8. The minimum absolute atomic E-state index is 0.0687. The molecule has 0 fully saturated rings. The van der Waals surface area contributed by atoms with Gasteiger partial charge < -0.3 is 10.3 Å².